The maximum absolute atomic E-state index is 12.1. The molecular weight excluding hydrogens is 302 g/mol. The van der Waals surface area contributed by atoms with Gasteiger partial charge in [-0.25, -0.2) is 4.98 Å². The summed E-state index contributed by atoms with van der Waals surface area (Å²) < 4.78 is 5.39. The number of thiazole rings is 1. The molecule has 0 fully saturated rings. The average molecular weight is 319 g/mol. The fourth-order valence-electron chi connectivity index (χ4n) is 1.77. The molecule has 0 atom stereocenters. The third kappa shape index (κ3) is 4.56. The van der Waals surface area contributed by atoms with E-state index in [1.54, 1.807) is 29.8 Å². The second-order valence-electron chi connectivity index (χ2n) is 4.37. The minimum Gasteiger partial charge on any atom is -0.493 e. The lowest BCUT2D eigenvalue weighted by molar-refractivity contribution is -0.120. The Balaban J connectivity index is 1.83. The van der Waals surface area contributed by atoms with Crippen LogP contribution < -0.4 is 15.4 Å². The number of carbonyl (C=O) groups is 2. The van der Waals surface area contributed by atoms with Gasteiger partial charge >= 0.3 is 0 Å². The Bertz CT molecular complexity index is 629. The van der Waals surface area contributed by atoms with Crippen LogP contribution >= 0.6 is 11.3 Å². The highest BCUT2D eigenvalue weighted by Crippen LogP contribution is 2.17. The second kappa shape index (κ2) is 8.14. The number of aromatic nitrogens is 1. The molecule has 0 saturated carbocycles. The van der Waals surface area contributed by atoms with Gasteiger partial charge in [-0.2, -0.15) is 0 Å². The van der Waals surface area contributed by atoms with Gasteiger partial charge in [0.2, 0.25) is 5.91 Å². The van der Waals surface area contributed by atoms with Gasteiger partial charge in [0.15, 0.2) is 0 Å². The Morgan fingerprint density at radius 3 is 2.82 bits per heavy atom. The Morgan fingerprint density at radius 2 is 2.09 bits per heavy atom. The first-order chi connectivity index (χ1) is 10.7. The summed E-state index contributed by atoms with van der Waals surface area (Å²) in [6.07, 6.45) is 0. The Labute approximate surface area is 132 Å². The van der Waals surface area contributed by atoms with Crippen molar-refractivity contribution in [3.8, 4) is 5.75 Å². The lowest BCUT2D eigenvalue weighted by Crippen LogP contribution is -2.36. The van der Waals surface area contributed by atoms with Gasteiger partial charge in [-0.3, -0.25) is 9.59 Å². The molecule has 2 rings (SSSR count). The molecule has 0 radical (unpaired) electrons. The summed E-state index contributed by atoms with van der Waals surface area (Å²) in [5.41, 5.74) is 2.91. The molecule has 0 spiro atoms. The zero-order valence-electron chi connectivity index (χ0n) is 12.2. The van der Waals surface area contributed by atoms with Gasteiger partial charge in [-0.05, 0) is 19.1 Å². The van der Waals surface area contributed by atoms with Gasteiger partial charge in [-0.15, -0.1) is 11.3 Å². The molecule has 7 heteroatoms. The Morgan fingerprint density at radius 1 is 1.27 bits per heavy atom. The number of carbonyl (C=O) groups excluding carboxylic acids is 2. The lowest BCUT2D eigenvalue weighted by atomic mass is 10.2. The van der Waals surface area contributed by atoms with Crippen molar-refractivity contribution in [2.45, 2.75) is 13.5 Å². The quantitative estimate of drug-likeness (QED) is 0.812. The molecule has 22 heavy (non-hydrogen) atoms. The van der Waals surface area contributed by atoms with Crippen molar-refractivity contribution in [3.63, 3.8) is 0 Å². The highest BCUT2D eigenvalue weighted by molar-refractivity contribution is 7.07. The van der Waals surface area contributed by atoms with Crippen molar-refractivity contribution in [2.24, 2.45) is 0 Å². The van der Waals surface area contributed by atoms with Crippen LogP contribution in [0.15, 0.2) is 35.2 Å². The average Bonchev–Trinajstić information content (AvgIpc) is 3.05. The third-order valence-electron chi connectivity index (χ3n) is 2.79. The van der Waals surface area contributed by atoms with E-state index in [9.17, 15) is 9.59 Å². The first kappa shape index (κ1) is 16.0. The number of nitrogens with one attached hydrogen (secondary N) is 2. The molecule has 1 heterocycles. The van der Waals surface area contributed by atoms with Crippen LogP contribution in [-0.4, -0.2) is 29.9 Å². The van der Waals surface area contributed by atoms with Gasteiger partial charge in [0.25, 0.3) is 5.91 Å². The van der Waals surface area contributed by atoms with Gasteiger partial charge in [0.05, 0.1) is 36.5 Å². The molecule has 1 aromatic heterocycles. The summed E-state index contributed by atoms with van der Waals surface area (Å²) in [6.45, 7) is 2.58. The van der Waals surface area contributed by atoms with E-state index >= 15 is 0 Å². The molecule has 0 bridgehead atoms. The lowest BCUT2D eigenvalue weighted by Gasteiger charge is -2.10. The fourth-order valence-corrected chi connectivity index (χ4v) is 2.33. The number of amides is 2. The first-order valence-electron chi connectivity index (χ1n) is 6.84. The van der Waals surface area contributed by atoms with Crippen LogP contribution in [0.1, 0.15) is 23.0 Å². The number of hydrogen-bond donors (Lipinski definition) is 2. The molecule has 1 aromatic carbocycles. The molecule has 0 unspecified atom stereocenters. The van der Waals surface area contributed by atoms with Gasteiger partial charge < -0.3 is 15.4 Å². The van der Waals surface area contributed by atoms with Crippen molar-refractivity contribution < 1.29 is 14.3 Å². The molecular formula is C15H17N3O3S. The molecule has 0 aliphatic heterocycles. The standard InChI is InChI=1S/C15H17N3O3S/c1-2-21-13-6-4-3-5-12(13)15(20)17-8-14(19)16-7-11-9-22-10-18-11/h3-6,9-10H,2,7-8H2,1H3,(H,16,19)(H,17,20). The molecule has 0 aliphatic carbocycles. The van der Waals surface area contributed by atoms with E-state index < -0.39 is 0 Å². The molecule has 2 N–H and O–H groups in total. The third-order valence-corrected chi connectivity index (χ3v) is 3.43. The summed E-state index contributed by atoms with van der Waals surface area (Å²) >= 11 is 1.47. The van der Waals surface area contributed by atoms with Crippen LogP contribution in [0, 0.1) is 0 Å². The zero-order valence-corrected chi connectivity index (χ0v) is 13.0. The summed E-state index contributed by atoms with van der Waals surface area (Å²) in [6, 6.07) is 6.93. The van der Waals surface area contributed by atoms with Gasteiger partial charge in [-0.1, -0.05) is 12.1 Å². The van der Waals surface area contributed by atoms with Crippen LogP contribution in [0.5, 0.6) is 5.75 Å². The predicted molar refractivity (Wildman–Crippen MR) is 83.9 cm³/mol. The van der Waals surface area contributed by atoms with Crippen molar-refractivity contribution in [1.82, 2.24) is 15.6 Å². The number of nitrogens with zero attached hydrogens (tertiary/aromatic N) is 1. The van der Waals surface area contributed by atoms with Crippen LogP contribution in [0.3, 0.4) is 0 Å². The van der Waals surface area contributed by atoms with Crippen LogP contribution in [0.2, 0.25) is 0 Å². The number of ether oxygens (including phenoxy) is 1. The van der Waals surface area contributed by atoms with E-state index in [2.05, 4.69) is 15.6 Å². The van der Waals surface area contributed by atoms with Crippen molar-refractivity contribution in [2.75, 3.05) is 13.2 Å². The van der Waals surface area contributed by atoms with Crippen LogP contribution in [0.25, 0.3) is 0 Å². The van der Waals surface area contributed by atoms with E-state index in [1.165, 1.54) is 11.3 Å². The van der Waals surface area contributed by atoms with E-state index in [1.807, 2.05) is 12.3 Å². The molecule has 2 aromatic rings. The number of para-hydroxylation sites is 1. The highest BCUT2D eigenvalue weighted by Gasteiger charge is 2.12. The van der Waals surface area contributed by atoms with Gasteiger partial charge in [0, 0.05) is 5.38 Å². The van der Waals surface area contributed by atoms with Crippen LogP contribution in [-0.2, 0) is 11.3 Å². The van der Waals surface area contributed by atoms with E-state index in [4.69, 9.17) is 4.74 Å². The summed E-state index contributed by atoms with van der Waals surface area (Å²) in [5.74, 6) is -0.103. The van der Waals surface area contributed by atoms with E-state index in [0.29, 0.717) is 24.5 Å². The molecule has 0 saturated heterocycles. The Hall–Kier alpha value is -2.41. The second-order valence-corrected chi connectivity index (χ2v) is 5.09. The predicted octanol–water partition coefficient (Wildman–Crippen LogP) is 1.59. The monoisotopic (exact) mass is 319 g/mol. The molecule has 116 valence electrons. The fraction of sp³-hybridized carbons (Fsp3) is 0.267. The number of benzene rings is 1. The number of hydrogen-bond acceptors (Lipinski definition) is 5. The van der Waals surface area contributed by atoms with Crippen molar-refractivity contribution >= 4 is 23.2 Å². The molecule has 2 amide bonds. The topological polar surface area (TPSA) is 80.3 Å². The van der Waals surface area contributed by atoms with Crippen LogP contribution in [0.4, 0.5) is 0 Å². The first-order valence-corrected chi connectivity index (χ1v) is 7.78. The maximum Gasteiger partial charge on any atom is 0.255 e. The molecule has 6 nitrogen and oxygen atoms in total. The number of rotatable bonds is 7. The summed E-state index contributed by atoms with van der Waals surface area (Å²) in [4.78, 5) is 27.9. The SMILES string of the molecule is CCOc1ccccc1C(=O)NCC(=O)NCc1cscn1. The zero-order chi connectivity index (χ0) is 15.8. The van der Waals surface area contributed by atoms with E-state index in [-0.39, 0.29) is 18.4 Å². The largest absolute Gasteiger partial charge is 0.493 e. The minimum atomic E-state index is -0.340. The van der Waals surface area contributed by atoms with Crippen molar-refractivity contribution in [1.29, 1.82) is 0 Å². The van der Waals surface area contributed by atoms with Gasteiger partial charge in [0.1, 0.15) is 5.75 Å². The summed E-state index contributed by atoms with van der Waals surface area (Å²) in [7, 11) is 0. The highest BCUT2D eigenvalue weighted by atomic mass is 32.1. The minimum absolute atomic E-state index is 0.0938. The molecule has 0 aliphatic rings. The maximum atomic E-state index is 12.1. The van der Waals surface area contributed by atoms with Crippen molar-refractivity contribution in [3.05, 3.63) is 46.4 Å². The normalized spacial score (nSPS) is 10.0. The smallest absolute Gasteiger partial charge is 0.255 e. The summed E-state index contributed by atoms with van der Waals surface area (Å²) in [5, 5.41) is 7.13. The van der Waals surface area contributed by atoms with E-state index in [0.717, 1.165) is 5.69 Å². The Kier molecular flexibility index (Phi) is 5.91.